The van der Waals surface area contributed by atoms with Crippen LogP contribution in [0.1, 0.15) is 124 Å². The van der Waals surface area contributed by atoms with Gasteiger partial charge in [0.05, 0.1) is 50.9 Å². The molecule has 0 radical (unpaired) electrons. The Morgan fingerprint density at radius 3 is 1.43 bits per heavy atom. The third-order valence-electron chi connectivity index (χ3n) is 17.2. The van der Waals surface area contributed by atoms with Crippen molar-refractivity contribution in [3.63, 3.8) is 0 Å². The number of nitrogens with zero attached hydrogens (tertiary/aromatic N) is 2. The van der Waals surface area contributed by atoms with Gasteiger partial charge in [-0.15, -0.1) is 0 Å². The lowest BCUT2D eigenvalue weighted by Crippen LogP contribution is -2.62. The molecule has 0 bridgehead atoms. The van der Waals surface area contributed by atoms with Gasteiger partial charge in [0.25, 0.3) is 0 Å². The predicted molar refractivity (Wildman–Crippen MR) is 384 cm³/mol. The summed E-state index contributed by atoms with van der Waals surface area (Å²) in [5.41, 5.74) is 27.8. The average Bonchev–Trinajstić information content (AvgIpc) is 1.74. The van der Waals surface area contributed by atoms with Crippen LogP contribution >= 0.6 is 0 Å². The first kappa shape index (κ1) is 93.8. The largest absolute Gasteiger partial charge is 0.508 e. The van der Waals surface area contributed by atoms with Crippen molar-refractivity contribution >= 4 is 124 Å². The summed E-state index contributed by atoms with van der Waals surface area (Å²) in [4.78, 5) is 265. The van der Waals surface area contributed by atoms with Gasteiger partial charge in [-0.1, -0.05) is 26.0 Å². The number of benzene rings is 1. The van der Waals surface area contributed by atoms with Gasteiger partial charge in [-0.3, -0.25) is 101 Å². The zero-order valence-electron chi connectivity index (χ0n) is 62.1. The molecule has 1 aromatic carbocycles. The number of aliphatic hydroxyl groups is 1. The minimum atomic E-state index is -2.17. The topological polar surface area (TPSA) is 759 Å². The van der Waals surface area contributed by atoms with Crippen molar-refractivity contribution in [2.24, 2.45) is 34.6 Å². The van der Waals surface area contributed by atoms with Crippen LogP contribution in [0, 0.1) is 11.3 Å². The van der Waals surface area contributed by atoms with Crippen LogP contribution in [0.25, 0.3) is 0 Å². The number of amides is 17. The number of carboxylic acid groups (broad SMARTS) is 3. The van der Waals surface area contributed by atoms with E-state index in [-0.39, 0.29) is 88.6 Å². The van der Waals surface area contributed by atoms with E-state index < -0.39 is 255 Å². The van der Waals surface area contributed by atoms with Crippen molar-refractivity contribution in [2.45, 2.75) is 209 Å². The number of primary amides is 3. The van der Waals surface area contributed by atoms with Gasteiger partial charge in [0.15, 0.2) is 5.96 Å². The number of aromatic hydroxyl groups is 1. The monoisotopic (exact) mass is 1590 g/mol. The van der Waals surface area contributed by atoms with Crippen LogP contribution in [-0.2, 0) is 102 Å². The summed E-state index contributed by atoms with van der Waals surface area (Å²) in [5, 5.41) is 85.9. The number of carbonyl (C=O) groups is 20. The van der Waals surface area contributed by atoms with E-state index in [1.54, 1.807) is 13.8 Å². The van der Waals surface area contributed by atoms with Gasteiger partial charge < -0.3 is 133 Å². The number of hydrogen-bond acceptors (Lipinski definition) is 24. The molecule has 2 saturated heterocycles. The predicted octanol–water partition coefficient (Wildman–Crippen LogP) is -10.9. The minimum absolute atomic E-state index is 0.0282. The molecular formula is C66H101N21O25. The van der Waals surface area contributed by atoms with Crippen LogP contribution in [0.3, 0.4) is 0 Å². The highest BCUT2D eigenvalue weighted by Gasteiger charge is 2.42. The first-order valence-corrected chi connectivity index (χ1v) is 35.4. The lowest BCUT2D eigenvalue weighted by Gasteiger charge is -2.29. The zero-order valence-corrected chi connectivity index (χ0v) is 62.1. The fourth-order valence-corrected chi connectivity index (χ4v) is 11.5. The van der Waals surface area contributed by atoms with E-state index in [1.807, 2.05) is 16.0 Å². The average molecular weight is 1590 g/mol. The lowest BCUT2D eigenvalue weighted by molar-refractivity contribution is -0.144. The summed E-state index contributed by atoms with van der Waals surface area (Å²) < 4.78 is 0. The molecule has 29 N–H and O–H groups in total. The Labute approximate surface area is 640 Å². The Bertz CT molecular complexity index is 3660. The van der Waals surface area contributed by atoms with Crippen molar-refractivity contribution < 1.29 is 121 Å². The van der Waals surface area contributed by atoms with E-state index >= 15 is 0 Å². The second-order valence-electron chi connectivity index (χ2n) is 27.0. The lowest BCUT2D eigenvalue weighted by atomic mass is 10.0. The number of carbonyl (C=O) groups excluding carboxylic acids is 17. The first-order valence-electron chi connectivity index (χ1n) is 35.4. The quantitative estimate of drug-likeness (QED) is 0.0164. The van der Waals surface area contributed by atoms with Gasteiger partial charge in [-0.05, 0) is 95.8 Å². The maximum Gasteiger partial charge on any atom is 0.305 e. The molecule has 46 nitrogen and oxygen atoms in total. The molecule has 0 saturated carbocycles. The second-order valence-corrected chi connectivity index (χ2v) is 27.0. The zero-order chi connectivity index (χ0) is 84.5. The molecule has 2 aliphatic heterocycles. The number of likely N-dealkylation sites (tertiary alicyclic amines) is 2. The van der Waals surface area contributed by atoms with Crippen molar-refractivity contribution in [3.8, 4) is 5.75 Å². The smallest absolute Gasteiger partial charge is 0.305 e. The van der Waals surface area contributed by atoms with E-state index in [9.17, 15) is 121 Å². The molecule has 2 fully saturated rings. The molecule has 620 valence electrons. The van der Waals surface area contributed by atoms with E-state index in [0.29, 0.717) is 5.56 Å². The number of aliphatic hydroxyl groups excluding tert-OH is 1. The summed E-state index contributed by atoms with van der Waals surface area (Å²) in [7, 11) is 0. The summed E-state index contributed by atoms with van der Waals surface area (Å²) in [6.45, 7) is 5.19. The van der Waals surface area contributed by atoms with Crippen LogP contribution in [-0.4, -0.2) is 277 Å². The van der Waals surface area contributed by atoms with Crippen LogP contribution in [0.5, 0.6) is 5.75 Å². The van der Waals surface area contributed by atoms with Gasteiger partial charge >= 0.3 is 17.9 Å². The molecule has 14 atom stereocenters. The molecule has 0 unspecified atom stereocenters. The number of guanidine groups is 1. The van der Waals surface area contributed by atoms with E-state index in [0.717, 1.165) is 23.6 Å². The standard InChI is InChI=1S/C66H101N21O25/c1-29(2)21-35(67)55(102)80-38(22-33-12-14-34(89)15-13-33)59(106)81-39(23-46(69)91)60(107)83-40(24-49(94)95)58(105)77-31(4)65(112)87-20-8-11-44(87)63(110)75-28-48(93)86-19-7-10-43(86)62(109)74-27-47(92)78-37(16-17-45(68)90)56(103)82-42(26-51(98)99)61(108)85-52(32(5)88)64(111)84-41(25-50(96)97)57(104)76-30(3)54(101)79-36(53(70)100)9-6-18-73-66(71)72/h12-15,29-32,35-44,52,88-89H,6-11,16-28,67H2,1-5H3,(H2,68,90)(H2,69,91)(H2,70,100)(H,74,109)(H,75,110)(H,76,104)(H,77,105)(H,78,92)(H,79,101)(H,80,102)(H,81,106)(H,82,103)(H,83,107)(H,84,111)(H,85,108)(H,94,95)(H,96,97)(H,98,99)(H4,71,72,73)/t30-,31-,32+,35-,36-,37-,38-,39-,40-,41-,42-,43-,44-,52-/m0/s1. The van der Waals surface area contributed by atoms with Gasteiger partial charge in [-0.25, -0.2) is 0 Å². The van der Waals surface area contributed by atoms with Crippen LogP contribution in [0.4, 0.5) is 0 Å². The highest BCUT2D eigenvalue weighted by Crippen LogP contribution is 2.21. The second kappa shape index (κ2) is 45.6. The molecule has 0 spiro atoms. The Hall–Kier alpha value is -12.4. The Kier molecular flexibility index (Phi) is 38.2. The third kappa shape index (κ3) is 32.4. The summed E-state index contributed by atoms with van der Waals surface area (Å²) in [5.74, 6) is -24.3. The van der Waals surface area contributed by atoms with Crippen LogP contribution < -0.4 is 97.8 Å². The molecule has 3 rings (SSSR count). The number of phenolic OH excluding ortho intramolecular Hbond substituents is 1. The molecule has 46 heteroatoms. The molecule has 112 heavy (non-hydrogen) atoms. The third-order valence-corrected chi connectivity index (χ3v) is 17.2. The fraction of sp³-hybridized carbons (Fsp3) is 0.591. The van der Waals surface area contributed by atoms with E-state index in [2.05, 4.69) is 53.2 Å². The minimum Gasteiger partial charge on any atom is -0.508 e. The molecule has 2 aliphatic rings. The number of carboxylic acids is 3. The SMILES string of the molecule is CC(C)C[C@H](N)C(=O)N[C@@H](Cc1ccc(O)cc1)C(=O)N[C@@H](CC(N)=O)C(=O)N[C@@H](CC(=O)O)C(=O)N[C@@H](C)C(=O)N1CCC[C@H]1C(=O)NCC(=O)N1CCC[C@H]1C(=O)NCC(=O)N[C@@H](CCC(N)=O)C(=O)N[C@@H](CC(=O)O)C(=O)N[C@H](C(=O)N[C@@H](CC(=O)O)C(=O)N[C@@H](C)C(=O)N[C@@H](CCCNC(=N)N)C(N)=O)[C@@H](C)O. The van der Waals surface area contributed by atoms with Crippen molar-refractivity contribution in [2.75, 3.05) is 32.7 Å². The van der Waals surface area contributed by atoms with Crippen molar-refractivity contribution in [1.29, 1.82) is 5.41 Å². The van der Waals surface area contributed by atoms with Gasteiger partial charge in [-0.2, -0.15) is 0 Å². The van der Waals surface area contributed by atoms with E-state index in [1.165, 1.54) is 31.2 Å². The van der Waals surface area contributed by atoms with Crippen LogP contribution in [0.15, 0.2) is 24.3 Å². The highest BCUT2D eigenvalue weighted by atomic mass is 16.4. The number of nitrogens with one attached hydrogen (secondary N) is 14. The van der Waals surface area contributed by atoms with Gasteiger partial charge in [0, 0.05) is 32.5 Å². The number of rotatable bonds is 47. The summed E-state index contributed by atoms with van der Waals surface area (Å²) >= 11 is 0. The first-order chi connectivity index (χ1) is 52.4. The molecule has 1 aromatic rings. The molecule has 17 amide bonds. The Morgan fingerprint density at radius 1 is 0.491 bits per heavy atom. The summed E-state index contributed by atoms with van der Waals surface area (Å²) in [6.07, 6.45) is -6.94. The fourth-order valence-electron chi connectivity index (χ4n) is 11.5. The number of phenols is 1. The Morgan fingerprint density at radius 2 is 0.938 bits per heavy atom. The molecular weight excluding hydrogens is 1490 g/mol. The van der Waals surface area contributed by atoms with Crippen LogP contribution in [0.2, 0.25) is 0 Å². The molecule has 0 aliphatic carbocycles. The molecule has 0 aromatic heterocycles. The van der Waals surface area contributed by atoms with Gasteiger partial charge in [0.2, 0.25) is 100 Å². The van der Waals surface area contributed by atoms with Crippen molar-refractivity contribution in [1.82, 2.24) is 78.9 Å². The number of nitrogens with two attached hydrogens (primary N) is 5. The maximum atomic E-state index is 13.9. The molecule has 2 heterocycles. The maximum absolute atomic E-state index is 13.9. The number of hydrogen-bond donors (Lipinski definition) is 24. The summed E-state index contributed by atoms with van der Waals surface area (Å²) in [6, 6.07) is -15.9. The van der Waals surface area contributed by atoms with Crippen molar-refractivity contribution in [3.05, 3.63) is 29.8 Å². The number of aliphatic carboxylic acids is 3. The normalized spacial score (nSPS) is 16.9. The van der Waals surface area contributed by atoms with E-state index in [4.69, 9.17) is 34.1 Å². The van der Waals surface area contributed by atoms with Gasteiger partial charge in [0.1, 0.15) is 78.3 Å². The Balaban J connectivity index is 1.67. The highest BCUT2D eigenvalue weighted by molar-refractivity contribution is 6.02.